The van der Waals surface area contributed by atoms with Crippen molar-refractivity contribution in [1.82, 2.24) is 0 Å². The van der Waals surface area contributed by atoms with Crippen molar-refractivity contribution in [2.75, 3.05) is 6.61 Å². The van der Waals surface area contributed by atoms with Crippen LogP contribution in [0.1, 0.15) is 75.2 Å². The Hall–Kier alpha value is -1.06. The number of ether oxygens (including phenoxy) is 2. The Balaban J connectivity index is 5.12. The van der Waals surface area contributed by atoms with Gasteiger partial charge in [-0.3, -0.25) is 4.79 Å². The van der Waals surface area contributed by atoms with Crippen LogP contribution in [0.3, 0.4) is 0 Å². The molecule has 0 saturated carbocycles. The van der Waals surface area contributed by atoms with Crippen molar-refractivity contribution in [3.8, 4) is 0 Å². The van der Waals surface area contributed by atoms with Crippen LogP contribution < -0.4 is 0 Å². The second-order valence-corrected chi connectivity index (χ2v) is 8.29. The SMILES string of the molecule is CCCC(C(=O)OCC(=O)OC(C)(C)C)(C(C)C)C(C)(C)C. The number of carbonyl (C=O) groups is 2. The zero-order valence-corrected chi connectivity index (χ0v) is 15.8. The van der Waals surface area contributed by atoms with E-state index in [-0.39, 0.29) is 23.9 Å². The monoisotopic (exact) mass is 314 g/mol. The van der Waals surface area contributed by atoms with E-state index in [4.69, 9.17) is 9.47 Å². The molecule has 22 heavy (non-hydrogen) atoms. The van der Waals surface area contributed by atoms with Crippen LogP contribution in [0.25, 0.3) is 0 Å². The maximum Gasteiger partial charge on any atom is 0.344 e. The quantitative estimate of drug-likeness (QED) is 0.684. The van der Waals surface area contributed by atoms with Gasteiger partial charge in [0.05, 0.1) is 5.41 Å². The van der Waals surface area contributed by atoms with E-state index in [1.807, 2.05) is 13.8 Å². The average molecular weight is 314 g/mol. The molecule has 0 aliphatic rings. The molecule has 0 N–H and O–H groups in total. The van der Waals surface area contributed by atoms with Crippen LogP contribution in [0, 0.1) is 16.7 Å². The minimum absolute atomic E-state index is 0.124. The highest BCUT2D eigenvalue weighted by atomic mass is 16.6. The first-order valence-electron chi connectivity index (χ1n) is 8.17. The Morgan fingerprint density at radius 3 is 1.82 bits per heavy atom. The summed E-state index contributed by atoms with van der Waals surface area (Å²) in [6.07, 6.45) is 1.62. The van der Waals surface area contributed by atoms with Crippen molar-refractivity contribution in [3.05, 3.63) is 0 Å². The van der Waals surface area contributed by atoms with Crippen molar-refractivity contribution in [1.29, 1.82) is 0 Å². The van der Waals surface area contributed by atoms with E-state index in [1.165, 1.54) is 0 Å². The Labute approximate surface area is 135 Å². The molecule has 0 amide bonds. The molecule has 0 aromatic heterocycles. The molecule has 4 heteroatoms. The van der Waals surface area contributed by atoms with Gasteiger partial charge in [0.25, 0.3) is 0 Å². The fraction of sp³-hybridized carbons (Fsp3) is 0.889. The van der Waals surface area contributed by atoms with Gasteiger partial charge >= 0.3 is 11.9 Å². The van der Waals surface area contributed by atoms with E-state index in [0.717, 1.165) is 12.8 Å². The zero-order chi connectivity index (χ0) is 17.8. The summed E-state index contributed by atoms with van der Waals surface area (Å²) in [6.45, 7) is 17.3. The molecule has 0 bridgehead atoms. The summed E-state index contributed by atoms with van der Waals surface area (Å²) in [6, 6.07) is 0. The Kier molecular flexibility index (Phi) is 7.11. The molecule has 0 aromatic carbocycles. The van der Waals surface area contributed by atoms with Crippen molar-refractivity contribution in [3.63, 3.8) is 0 Å². The summed E-state index contributed by atoms with van der Waals surface area (Å²) in [5.74, 6) is -0.690. The highest BCUT2D eigenvalue weighted by Gasteiger charge is 2.51. The van der Waals surface area contributed by atoms with Crippen molar-refractivity contribution in [2.24, 2.45) is 16.7 Å². The summed E-state index contributed by atoms with van der Waals surface area (Å²) in [5, 5.41) is 0. The first-order valence-corrected chi connectivity index (χ1v) is 8.17. The molecule has 130 valence electrons. The van der Waals surface area contributed by atoms with Gasteiger partial charge in [-0.05, 0) is 38.5 Å². The lowest BCUT2D eigenvalue weighted by atomic mass is 9.58. The molecule has 0 spiro atoms. The van der Waals surface area contributed by atoms with Crippen LogP contribution in [0.5, 0.6) is 0 Å². The molecule has 4 nitrogen and oxygen atoms in total. The van der Waals surface area contributed by atoms with Crippen molar-refractivity contribution < 1.29 is 19.1 Å². The van der Waals surface area contributed by atoms with Crippen LogP contribution in [-0.4, -0.2) is 24.1 Å². The van der Waals surface area contributed by atoms with Crippen LogP contribution in [0.15, 0.2) is 0 Å². The molecule has 0 saturated heterocycles. The van der Waals surface area contributed by atoms with E-state index in [9.17, 15) is 9.59 Å². The van der Waals surface area contributed by atoms with Gasteiger partial charge in [0.2, 0.25) is 0 Å². The van der Waals surface area contributed by atoms with Gasteiger partial charge in [0, 0.05) is 0 Å². The molecule has 0 aromatic rings. The normalized spacial score (nSPS) is 15.4. The second-order valence-electron chi connectivity index (χ2n) is 8.29. The molecular formula is C18H34O4. The van der Waals surface area contributed by atoms with Gasteiger partial charge in [-0.1, -0.05) is 48.0 Å². The predicted octanol–water partition coefficient (Wildman–Crippen LogP) is 4.36. The predicted molar refractivity (Wildman–Crippen MR) is 88.4 cm³/mol. The summed E-state index contributed by atoms with van der Waals surface area (Å²) >= 11 is 0. The van der Waals surface area contributed by atoms with Crippen LogP contribution in [0.2, 0.25) is 0 Å². The number of carbonyl (C=O) groups excluding carboxylic acids is 2. The van der Waals surface area contributed by atoms with Crippen molar-refractivity contribution in [2.45, 2.75) is 80.8 Å². The molecule has 1 unspecified atom stereocenters. The lowest BCUT2D eigenvalue weighted by molar-refractivity contribution is -0.179. The van der Waals surface area contributed by atoms with E-state index in [0.29, 0.717) is 0 Å². The largest absolute Gasteiger partial charge is 0.457 e. The van der Waals surface area contributed by atoms with Crippen LogP contribution in [0.4, 0.5) is 0 Å². The van der Waals surface area contributed by atoms with E-state index >= 15 is 0 Å². The molecule has 0 rings (SSSR count). The highest BCUT2D eigenvalue weighted by Crippen LogP contribution is 2.49. The molecule has 0 fully saturated rings. The molecule has 0 radical (unpaired) electrons. The average Bonchev–Trinajstić information content (AvgIpc) is 2.28. The standard InChI is InChI=1S/C18H34O4/c1-10-11-18(13(2)3,16(4,5)6)15(20)21-12-14(19)22-17(7,8)9/h13H,10-12H2,1-9H3. The van der Waals surface area contributed by atoms with Gasteiger partial charge in [-0.15, -0.1) is 0 Å². The number of rotatable bonds is 6. The number of hydrogen-bond acceptors (Lipinski definition) is 4. The second kappa shape index (κ2) is 7.47. The van der Waals surface area contributed by atoms with Gasteiger partial charge < -0.3 is 9.47 Å². The fourth-order valence-electron chi connectivity index (χ4n) is 3.19. The smallest absolute Gasteiger partial charge is 0.344 e. The third kappa shape index (κ3) is 5.29. The molecule has 0 aliphatic heterocycles. The number of esters is 2. The maximum atomic E-state index is 12.8. The van der Waals surface area contributed by atoms with E-state index < -0.39 is 17.0 Å². The lowest BCUT2D eigenvalue weighted by Gasteiger charge is -2.45. The maximum absolute atomic E-state index is 12.8. The fourth-order valence-corrected chi connectivity index (χ4v) is 3.19. The first kappa shape index (κ1) is 20.9. The van der Waals surface area contributed by atoms with Crippen LogP contribution in [-0.2, 0) is 19.1 Å². The number of hydrogen-bond donors (Lipinski definition) is 0. The van der Waals surface area contributed by atoms with Gasteiger partial charge in [-0.2, -0.15) is 0 Å². The van der Waals surface area contributed by atoms with Crippen LogP contribution >= 0.6 is 0 Å². The Bertz CT molecular complexity index is 385. The van der Waals surface area contributed by atoms with E-state index in [2.05, 4.69) is 27.7 Å². The molecule has 0 aliphatic carbocycles. The Morgan fingerprint density at radius 2 is 1.50 bits per heavy atom. The first-order chi connectivity index (χ1) is 9.78. The van der Waals surface area contributed by atoms with Gasteiger partial charge in [0.1, 0.15) is 5.60 Å². The third-order valence-corrected chi connectivity index (χ3v) is 4.07. The molecular weight excluding hydrogens is 280 g/mol. The molecule has 0 heterocycles. The zero-order valence-electron chi connectivity index (χ0n) is 15.8. The summed E-state index contributed by atoms with van der Waals surface area (Å²) in [4.78, 5) is 24.6. The molecule has 1 atom stereocenters. The Morgan fingerprint density at radius 1 is 1.00 bits per heavy atom. The van der Waals surface area contributed by atoms with E-state index in [1.54, 1.807) is 20.8 Å². The minimum atomic E-state index is -0.607. The van der Waals surface area contributed by atoms with Gasteiger partial charge in [-0.25, -0.2) is 4.79 Å². The summed E-state index contributed by atoms with van der Waals surface area (Å²) in [7, 11) is 0. The minimum Gasteiger partial charge on any atom is -0.457 e. The van der Waals surface area contributed by atoms with Crippen molar-refractivity contribution >= 4 is 11.9 Å². The summed E-state index contributed by atoms with van der Waals surface area (Å²) in [5.41, 5.74) is -1.43. The van der Waals surface area contributed by atoms with Gasteiger partial charge in [0.15, 0.2) is 6.61 Å². The highest BCUT2D eigenvalue weighted by molar-refractivity contribution is 5.81. The topological polar surface area (TPSA) is 52.6 Å². The summed E-state index contributed by atoms with van der Waals surface area (Å²) < 4.78 is 10.5. The third-order valence-electron chi connectivity index (χ3n) is 4.07. The lowest BCUT2D eigenvalue weighted by Crippen LogP contribution is -2.48.